The van der Waals surface area contributed by atoms with Crippen molar-refractivity contribution in [3.63, 3.8) is 0 Å². The maximum absolute atomic E-state index is 6.84. The highest BCUT2D eigenvalue weighted by atomic mass is 16.5. The molecule has 56 heavy (non-hydrogen) atoms. The summed E-state index contributed by atoms with van der Waals surface area (Å²) in [5.74, 6) is 3.41. The second kappa shape index (κ2) is 12.9. The average Bonchev–Trinajstić information content (AvgIpc) is 3.57. The van der Waals surface area contributed by atoms with Crippen LogP contribution in [0.25, 0.3) is 67.5 Å². The van der Waals surface area contributed by atoms with Gasteiger partial charge < -0.3 is 4.74 Å². The fourth-order valence-electron chi connectivity index (χ4n) is 8.70. The number of hydrogen-bond acceptors (Lipinski definition) is 4. The molecule has 8 aromatic carbocycles. The fourth-order valence-corrected chi connectivity index (χ4v) is 8.70. The van der Waals surface area contributed by atoms with Gasteiger partial charge in [0.05, 0.1) is 5.41 Å². The minimum atomic E-state index is -0.541. The molecule has 0 N–H and O–H groups in total. The smallest absolute Gasteiger partial charge is 0.164 e. The van der Waals surface area contributed by atoms with Crippen LogP contribution in [0.4, 0.5) is 0 Å². The molecular formula is C52H33N3O. The lowest BCUT2D eigenvalue weighted by Gasteiger charge is -2.39. The number of benzene rings is 8. The van der Waals surface area contributed by atoms with Crippen molar-refractivity contribution in [3.05, 3.63) is 222 Å². The van der Waals surface area contributed by atoms with Crippen LogP contribution in [0.1, 0.15) is 22.3 Å². The summed E-state index contributed by atoms with van der Waals surface area (Å²) in [4.78, 5) is 15.5. The fraction of sp³-hybridized carbons (Fsp3) is 0.0192. The number of aromatic nitrogens is 3. The zero-order valence-electron chi connectivity index (χ0n) is 30.3. The van der Waals surface area contributed by atoms with Gasteiger partial charge in [-0.15, -0.1) is 0 Å². The predicted octanol–water partition coefficient (Wildman–Crippen LogP) is 12.7. The van der Waals surface area contributed by atoms with Crippen LogP contribution in [0, 0.1) is 0 Å². The van der Waals surface area contributed by atoms with E-state index >= 15 is 0 Å². The molecule has 0 radical (unpaired) electrons. The van der Waals surface area contributed by atoms with Crippen molar-refractivity contribution in [3.8, 4) is 79.0 Å². The van der Waals surface area contributed by atoms with Gasteiger partial charge in [0.15, 0.2) is 17.5 Å². The van der Waals surface area contributed by atoms with Crippen LogP contribution in [0.3, 0.4) is 0 Å². The molecule has 0 unspecified atom stereocenters. The topological polar surface area (TPSA) is 47.9 Å². The van der Waals surface area contributed by atoms with Gasteiger partial charge in [-0.3, -0.25) is 0 Å². The Morgan fingerprint density at radius 2 is 0.696 bits per heavy atom. The van der Waals surface area contributed by atoms with E-state index in [1.165, 1.54) is 22.3 Å². The third-order valence-corrected chi connectivity index (χ3v) is 11.2. The van der Waals surface area contributed by atoms with Gasteiger partial charge in [0.1, 0.15) is 11.5 Å². The van der Waals surface area contributed by atoms with Crippen molar-refractivity contribution in [1.29, 1.82) is 0 Å². The van der Waals surface area contributed by atoms with E-state index in [0.717, 1.165) is 61.6 Å². The molecule has 4 heteroatoms. The first-order chi connectivity index (χ1) is 27.7. The lowest BCUT2D eigenvalue weighted by Crippen LogP contribution is -2.32. The first-order valence-electron chi connectivity index (χ1n) is 18.9. The van der Waals surface area contributed by atoms with Crippen molar-refractivity contribution in [2.45, 2.75) is 5.41 Å². The minimum absolute atomic E-state index is 0.541. The van der Waals surface area contributed by atoms with E-state index in [0.29, 0.717) is 17.5 Å². The molecule has 262 valence electrons. The first-order valence-corrected chi connectivity index (χ1v) is 18.9. The third kappa shape index (κ3) is 5.04. The van der Waals surface area contributed by atoms with E-state index in [1.54, 1.807) is 0 Å². The van der Waals surface area contributed by atoms with Gasteiger partial charge in [-0.25, -0.2) is 15.0 Å². The Balaban J connectivity index is 1.11. The van der Waals surface area contributed by atoms with Gasteiger partial charge in [0.2, 0.25) is 0 Å². The number of para-hydroxylation sites is 1. The Morgan fingerprint density at radius 3 is 1.25 bits per heavy atom. The minimum Gasteiger partial charge on any atom is -0.457 e. The number of nitrogens with zero attached hydrogens (tertiary/aromatic N) is 3. The van der Waals surface area contributed by atoms with Gasteiger partial charge >= 0.3 is 0 Å². The maximum Gasteiger partial charge on any atom is 0.164 e. The molecule has 4 nitrogen and oxygen atoms in total. The van der Waals surface area contributed by atoms with Crippen LogP contribution in [-0.4, -0.2) is 15.0 Å². The first kappa shape index (κ1) is 32.0. The molecule has 1 aliphatic heterocycles. The third-order valence-electron chi connectivity index (χ3n) is 11.2. The van der Waals surface area contributed by atoms with Crippen LogP contribution >= 0.6 is 0 Å². The number of rotatable bonds is 5. The van der Waals surface area contributed by atoms with Crippen LogP contribution < -0.4 is 4.74 Å². The standard InChI is InChI=1S/C52H33N3O/c1-3-15-34(16-4-1)36-19-13-21-38(31-36)49-53-50(39-22-14-20-37(32-39)35-17-5-2-6-18-35)55-51(54-49)40-29-30-46-48(33-40)56-47-28-12-11-27-45(47)52(46)43-25-9-7-23-41(43)42-24-8-10-26-44(42)52/h1-33H. The number of fused-ring (bicyclic) bond motifs is 9. The summed E-state index contributed by atoms with van der Waals surface area (Å²) in [6.45, 7) is 0. The van der Waals surface area contributed by atoms with Gasteiger partial charge in [-0.1, -0.05) is 176 Å². The monoisotopic (exact) mass is 715 g/mol. The van der Waals surface area contributed by atoms with Crippen molar-refractivity contribution >= 4 is 0 Å². The summed E-state index contributed by atoms with van der Waals surface area (Å²) in [6.07, 6.45) is 0. The molecular weight excluding hydrogens is 683 g/mol. The zero-order chi connectivity index (χ0) is 37.1. The summed E-state index contributed by atoms with van der Waals surface area (Å²) in [5.41, 5.74) is 13.8. The Morgan fingerprint density at radius 1 is 0.286 bits per heavy atom. The van der Waals surface area contributed by atoms with Crippen molar-refractivity contribution in [1.82, 2.24) is 15.0 Å². The van der Waals surface area contributed by atoms with Gasteiger partial charge in [-0.2, -0.15) is 0 Å². The van der Waals surface area contributed by atoms with E-state index in [-0.39, 0.29) is 0 Å². The zero-order valence-corrected chi connectivity index (χ0v) is 30.3. The highest BCUT2D eigenvalue weighted by molar-refractivity contribution is 5.89. The molecule has 1 aliphatic carbocycles. The van der Waals surface area contributed by atoms with Gasteiger partial charge in [-0.05, 0) is 68.8 Å². The quantitative estimate of drug-likeness (QED) is 0.178. The highest BCUT2D eigenvalue weighted by Crippen LogP contribution is 2.62. The second-order valence-corrected chi connectivity index (χ2v) is 14.4. The molecule has 11 rings (SSSR count). The lowest BCUT2D eigenvalue weighted by molar-refractivity contribution is 0.436. The van der Waals surface area contributed by atoms with E-state index in [1.807, 2.05) is 18.2 Å². The second-order valence-electron chi connectivity index (χ2n) is 14.4. The van der Waals surface area contributed by atoms with Crippen molar-refractivity contribution in [2.24, 2.45) is 0 Å². The Bertz CT molecular complexity index is 2810. The lowest BCUT2D eigenvalue weighted by atomic mass is 9.66. The summed E-state index contributed by atoms with van der Waals surface area (Å²) in [6, 6.07) is 70.1. The Labute approximate surface area is 325 Å². The average molecular weight is 716 g/mol. The van der Waals surface area contributed by atoms with E-state index in [9.17, 15) is 0 Å². The Kier molecular flexibility index (Phi) is 7.36. The van der Waals surface area contributed by atoms with Crippen molar-refractivity contribution < 1.29 is 4.74 Å². The number of hydrogen-bond donors (Lipinski definition) is 0. The molecule has 1 spiro atoms. The summed E-state index contributed by atoms with van der Waals surface area (Å²) in [7, 11) is 0. The summed E-state index contributed by atoms with van der Waals surface area (Å²) < 4.78 is 6.84. The normalized spacial score (nSPS) is 12.9. The maximum atomic E-state index is 6.84. The molecule has 0 amide bonds. The largest absolute Gasteiger partial charge is 0.457 e. The Hall–Kier alpha value is -7.43. The summed E-state index contributed by atoms with van der Waals surface area (Å²) in [5, 5.41) is 0. The molecule has 0 bridgehead atoms. The SMILES string of the molecule is c1ccc(-c2cccc(-c3nc(-c4cccc(-c5ccccc5)c4)nc(-c4ccc5c(c4)Oc4ccccc4C54c5ccccc5-c5ccccc54)n3)c2)cc1. The van der Waals surface area contributed by atoms with Crippen LogP contribution in [0.2, 0.25) is 0 Å². The van der Waals surface area contributed by atoms with Crippen LogP contribution in [-0.2, 0) is 5.41 Å². The molecule has 0 atom stereocenters. The molecule has 1 aromatic heterocycles. The van der Waals surface area contributed by atoms with Crippen molar-refractivity contribution in [2.75, 3.05) is 0 Å². The van der Waals surface area contributed by atoms with E-state index in [4.69, 9.17) is 19.7 Å². The number of ether oxygens (including phenoxy) is 1. The van der Waals surface area contributed by atoms with E-state index < -0.39 is 5.41 Å². The molecule has 2 aliphatic rings. The van der Waals surface area contributed by atoms with E-state index in [2.05, 4.69) is 182 Å². The molecule has 9 aromatic rings. The van der Waals surface area contributed by atoms with Gasteiger partial charge in [0.25, 0.3) is 0 Å². The highest BCUT2D eigenvalue weighted by Gasteiger charge is 2.50. The summed E-state index contributed by atoms with van der Waals surface area (Å²) >= 11 is 0. The predicted molar refractivity (Wildman–Crippen MR) is 224 cm³/mol. The molecule has 0 fully saturated rings. The van der Waals surface area contributed by atoms with Crippen LogP contribution in [0.15, 0.2) is 200 Å². The molecule has 0 saturated heterocycles. The van der Waals surface area contributed by atoms with Gasteiger partial charge in [0, 0.05) is 27.8 Å². The van der Waals surface area contributed by atoms with Crippen LogP contribution in [0.5, 0.6) is 11.5 Å². The molecule has 0 saturated carbocycles. The molecule has 2 heterocycles.